The Morgan fingerprint density at radius 3 is 2.14 bits per heavy atom. The summed E-state index contributed by atoms with van der Waals surface area (Å²) in [5, 5.41) is 13.9. The number of carbonyl (C=O) groups excluding carboxylic acids is 1. The number of rotatable bonds is 3. The Kier molecular flexibility index (Phi) is 3.41. The molecule has 4 fully saturated rings. The molecule has 0 aromatic heterocycles. The van der Waals surface area contributed by atoms with E-state index in [-0.39, 0.29) is 11.3 Å². The van der Waals surface area contributed by atoms with Crippen molar-refractivity contribution in [1.82, 2.24) is 0 Å². The molecule has 0 saturated heterocycles. The van der Waals surface area contributed by atoms with Gasteiger partial charge in [-0.1, -0.05) is 0 Å². The van der Waals surface area contributed by atoms with Crippen LogP contribution in [0.3, 0.4) is 0 Å². The number of hydrogen-bond acceptors (Lipinski definition) is 3. The number of anilines is 1. The van der Waals surface area contributed by atoms with Crippen molar-refractivity contribution in [2.24, 2.45) is 23.2 Å². The lowest BCUT2D eigenvalue weighted by Crippen LogP contribution is -2.51. The summed E-state index contributed by atoms with van der Waals surface area (Å²) in [7, 11) is 0. The van der Waals surface area contributed by atoms with Gasteiger partial charge in [-0.3, -0.25) is 4.79 Å². The average molecular weight is 312 g/mol. The first-order valence-corrected chi connectivity index (χ1v) is 8.96. The number of nitriles is 1. The minimum Gasteiger partial charge on any atom is -0.326 e. The van der Waals surface area contributed by atoms with Crippen molar-refractivity contribution in [1.29, 1.82) is 5.26 Å². The number of benzene rings is 1. The maximum atomic E-state index is 12.9. The van der Waals surface area contributed by atoms with Crippen LogP contribution in [0, 0.1) is 33.8 Å². The summed E-state index contributed by atoms with van der Waals surface area (Å²) in [6.45, 7) is 0. The highest BCUT2D eigenvalue weighted by atomic mass is 32.2. The molecule has 5 rings (SSSR count). The number of nitrogens with zero attached hydrogens (tertiary/aromatic N) is 1. The maximum Gasteiger partial charge on any atom is 0.230 e. The van der Waals surface area contributed by atoms with E-state index in [1.165, 1.54) is 19.3 Å². The summed E-state index contributed by atoms with van der Waals surface area (Å²) < 4.78 is 0. The molecule has 4 bridgehead atoms. The van der Waals surface area contributed by atoms with Crippen LogP contribution in [0.15, 0.2) is 29.2 Å². The fraction of sp³-hybridized carbons (Fsp3) is 0.556. The standard InChI is InChI=1S/C18H20N2OS/c19-11-22-16-3-1-15(2-4-16)20-17(21)18-8-12-5-13(9-18)7-14(6-12)10-18/h1-4,12-14H,5-10H2,(H,20,21). The third-order valence-electron chi connectivity index (χ3n) is 5.80. The van der Waals surface area contributed by atoms with E-state index in [0.29, 0.717) is 0 Å². The Labute approximate surface area is 135 Å². The molecule has 0 aliphatic heterocycles. The SMILES string of the molecule is N#CSc1ccc(NC(=O)C23CC4CC(CC(C4)C2)C3)cc1. The molecule has 0 atom stereocenters. The van der Waals surface area contributed by atoms with Crippen LogP contribution in [0.5, 0.6) is 0 Å². The van der Waals surface area contributed by atoms with E-state index in [1.54, 1.807) is 0 Å². The topological polar surface area (TPSA) is 52.9 Å². The molecule has 0 unspecified atom stereocenters. The van der Waals surface area contributed by atoms with Gasteiger partial charge in [0, 0.05) is 10.6 Å². The number of thiocyanates is 1. The number of nitrogens with one attached hydrogen (secondary N) is 1. The van der Waals surface area contributed by atoms with E-state index in [1.807, 2.05) is 24.3 Å². The first-order chi connectivity index (χ1) is 10.7. The largest absolute Gasteiger partial charge is 0.326 e. The molecular weight excluding hydrogens is 292 g/mol. The van der Waals surface area contributed by atoms with Gasteiger partial charge in [0.05, 0.1) is 5.41 Å². The van der Waals surface area contributed by atoms with Crippen LogP contribution in [0.1, 0.15) is 38.5 Å². The molecule has 114 valence electrons. The van der Waals surface area contributed by atoms with Crippen molar-refractivity contribution < 1.29 is 4.79 Å². The molecule has 4 aliphatic rings. The zero-order valence-corrected chi connectivity index (χ0v) is 13.4. The highest BCUT2D eigenvalue weighted by Gasteiger charge is 2.54. The second kappa shape index (κ2) is 5.31. The Hall–Kier alpha value is -1.47. The predicted molar refractivity (Wildman–Crippen MR) is 87.1 cm³/mol. The molecule has 1 aromatic rings. The minimum absolute atomic E-state index is 0.102. The number of hydrogen-bond donors (Lipinski definition) is 1. The smallest absolute Gasteiger partial charge is 0.230 e. The molecule has 22 heavy (non-hydrogen) atoms. The van der Waals surface area contributed by atoms with Crippen molar-refractivity contribution in [2.75, 3.05) is 5.32 Å². The van der Waals surface area contributed by atoms with Gasteiger partial charge < -0.3 is 5.32 Å². The van der Waals surface area contributed by atoms with Crippen molar-refractivity contribution in [2.45, 2.75) is 43.4 Å². The fourth-order valence-corrected chi connectivity index (χ4v) is 5.69. The highest BCUT2D eigenvalue weighted by Crippen LogP contribution is 2.60. The van der Waals surface area contributed by atoms with Gasteiger partial charge in [-0.25, -0.2) is 0 Å². The van der Waals surface area contributed by atoms with Crippen molar-refractivity contribution in [3.05, 3.63) is 24.3 Å². The highest BCUT2D eigenvalue weighted by molar-refractivity contribution is 8.03. The van der Waals surface area contributed by atoms with Gasteiger partial charge in [-0.2, -0.15) is 5.26 Å². The Balaban J connectivity index is 1.49. The molecule has 1 N–H and O–H groups in total. The van der Waals surface area contributed by atoms with Gasteiger partial charge in [-0.15, -0.1) is 0 Å². The predicted octanol–water partition coefficient (Wildman–Crippen LogP) is 4.41. The van der Waals surface area contributed by atoms with Crippen molar-refractivity contribution in [3.8, 4) is 5.40 Å². The molecule has 3 nitrogen and oxygen atoms in total. The summed E-state index contributed by atoms with van der Waals surface area (Å²) in [6, 6.07) is 7.59. The van der Waals surface area contributed by atoms with Crippen LogP contribution < -0.4 is 5.32 Å². The molecule has 4 heteroatoms. The molecular formula is C18H20N2OS. The lowest BCUT2D eigenvalue weighted by molar-refractivity contribution is -0.140. The zero-order valence-electron chi connectivity index (χ0n) is 12.5. The van der Waals surface area contributed by atoms with Gasteiger partial charge in [-0.05, 0) is 92.3 Å². The number of amides is 1. The molecule has 1 amide bonds. The van der Waals surface area contributed by atoms with Gasteiger partial charge in [0.2, 0.25) is 5.91 Å². The van der Waals surface area contributed by atoms with Crippen molar-refractivity contribution in [3.63, 3.8) is 0 Å². The van der Waals surface area contributed by atoms with E-state index < -0.39 is 0 Å². The van der Waals surface area contributed by atoms with E-state index in [4.69, 9.17) is 5.26 Å². The lowest BCUT2D eigenvalue weighted by atomic mass is 9.49. The summed E-state index contributed by atoms with van der Waals surface area (Å²) in [4.78, 5) is 13.8. The molecule has 4 saturated carbocycles. The third-order valence-corrected chi connectivity index (χ3v) is 6.39. The molecule has 0 spiro atoms. The second-order valence-electron chi connectivity index (χ2n) is 7.37. The van der Waals surface area contributed by atoms with Crippen LogP contribution >= 0.6 is 11.8 Å². The zero-order chi connectivity index (χ0) is 15.2. The summed E-state index contributed by atoms with van der Waals surface area (Å²) >= 11 is 1.14. The van der Waals surface area contributed by atoms with Crippen molar-refractivity contribution >= 4 is 23.4 Å². The van der Waals surface area contributed by atoms with Crippen LogP contribution in [0.4, 0.5) is 5.69 Å². The molecule has 0 heterocycles. The van der Waals surface area contributed by atoms with E-state index >= 15 is 0 Å². The molecule has 1 aromatic carbocycles. The van der Waals surface area contributed by atoms with Gasteiger partial charge in [0.25, 0.3) is 0 Å². The van der Waals surface area contributed by atoms with Gasteiger partial charge >= 0.3 is 0 Å². The van der Waals surface area contributed by atoms with Crippen LogP contribution in [-0.4, -0.2) is 5.91 Å². The summed E-state index contributed by atoms with van der Waals surface area (Å²) in [5.74, 6) is 2.58. The van der Waals surface area contributed by atoms with Gasteiger partial charge in [0.15, 0.2) is 0 Å². The average Bonchev–Trinajstić information content (AvgIpc) is 2.48. The van der Waals surface area contributed by atoms with Crippen LogP contribution in [0.2, 0.25) is 0 Å². The number of thioether (sulfide) groups is 1. The summed E-state index contributed by atoms with van der Waals surface area (Å²) in [6.07, 6.45) is 7.33. The van der Waals surface area contributed by atoms with Crippen LogP contribution in [0.25, 0.3) is 0 Å². The van der Waals surface area contributed by atoms with Gasteiger partial charge in [0.1, 0.15) is 5.40 Å². The Bertz CT molecular complexity index is 596. The summed E-state index contributed by atoms with van der Waals surface area (Å²) in [5.41, 5.74) is 0.748. The van der Waals surface area contributed by atoms with E-state index in [0.717, 1.165) is 59.4 Å². The molecule has 0 radical (unpaired) electrons. The van der Waals surface area contributed by atoms with E-state index in [2.05, 4.69) is 10.7 Å². The van der Waals surface area contributed by atoms with Crippen LogP contribution in [-0.2, 0) is 4.79 Å². The minimum atomic E-state index is -0.102. The fourth-order valence-electron chi connectivity index (χ4n) is 5.31. The first-order valence-electron chi connectivity index (χ1n) is 8.14. The monoisotopic (exact) mass is 312 g/mol. The quantitative estimate of drug-likeness (QED) is 0.664. The Morgan fingerprint density at radius 1 is 1.09 bits per heavy atom. The third kappa shape index (κ3) is 2.42. The Morgan fingerprint density at radius 2 is 1.64 bits per heavy atom. The lowest BCUT2D eigenvalue weighted by Gasteiger charge is -2.55. The second-order valence-corrected chi connectivity index (χ2v) is 8.23. The normalized spacial score (nSPS) is 35.1. The first kappa shape index (κ1) is 14.1. The number of carbonyl (C=O) groups is 1. The van der Waals surface area contributed by atoms with E-state index in [9.17, 15) is 4.79 Å². The molecule has 4 aliphatic carbocycles. The maximum absolute atomic E-state index is 12.9.